The minimum atomic E-state index is 0.318. The van der Waals surface area contributed by atoms with Crippen LogP contribution >= 0.6 is 0 Å². The highest BCUT2D eigenvalue weighted by molar-refractivity contribution is 5.57. The summed E-state index contributed by atoms with van der Waals surface area (Å²) in [4.78, 5) is 4.55. The van der Waals surface area contributed by atoms with Gasteiger partial charge in [0.25, 0.3) is 5.89 Å². The molecule has 6 nitrogen and oxygen atoms in total. The lowest BCUT2D eigenvalue weighted by molar-refractivity contribution is -0.0209. The molecule has 2 aromatic heterocycles. The number of aromatic nitrogens is 3. The van der Waals surface area contributed by atoms with Gasteiger partial charge >= 0.3 is 0 Å². The molecule has 6 rings (SSSR count). The van der Waals surface area contributed by atoms with Crippen LogP contribution in [0.25, 0.3) is 11.5 Å². The highest BCUT2D eigenvalue weighted by atomic mass is 16.5. The van der Waals surface area contributed by atoms with Crippen LogP contribution in [-0.4, -0.2) is 20.8 Å². The van der Waals surface area contributed by atoms with Crippen LogP contribution in [0.3, 0.4) is 0 Å². The Morgan fingerprint density at radius 1 is 1.00 bits per heavy atom. The van der Waals surface area contributed by atoms with Crippen LogP contribution in [0.4, 0.5) is 0 Å². The average Bonchev–Trinajstić information content (AvgIpc) is 3.11. The number of hydrogen-bond donors (Lipinski definition) is 1. The van der Waals surface area contributed by atoms with Crippen LogP contribution in [0.1, 0.15) is 55.8 Å². The minimum absolute atomic E-state index is 0.318. The summed E-state index contributed by atoms with van der Waals surface area (Å²) >= 11 is 0. The van der Waals surface area contributed by atoms with Gasteiger partial charge in [0, 0.05) is 5.54 Å². The Bertz CT molecular complexity index is 708. The maximum Gasteiger partial charge on any atom is 0.263 e. The van der Waals surface area contributed by atoms with Crippen molar-refractivity contribution in [3.05, 3.63) is 17.3 Å². The largest absolute Gasteiger partial charge is 0.361 e. The molecule has 0 atom stereocenters. The SMILES string of the molecule is Cc1noc(C)c1-c1nc(CNC23CC4CC(CC(C4)C2)C3)no1. The van der Waals surface area contributed by atoms with E-state index in [1.165, 1.54) is 38.5 Å². The molecule has 1 N–H and O–H groups in total. The van der Waals surface area contributed by atoms with Crippen molar-refractivity contribution in [3.8, 4) is 11.5 Å². The molecule has 0 aromatic carbocycles. The third-order valence-corrected chi connectivity index (χ3v) is 6.38. The van der Waals surface area contributed by atoms with Gasteiger partial charge in [-0.15, -0.1) is 0 Å². The van der Waals surface area contributed by atoms with E-state index < -0.39 is 0 Å². The molecule has 0 radical (unpaired) electrons. The van der Waals surface area contributed by atoms with Crippen LogP contribution < -0.4 is 5.32 Å². The minimum Gasteiger partial charge on any atom is -0.361 e. The summed E-state index contributed by atoms with van der Waals surface area (Å²) in [6.45, 7) is 4.44. The van der Waals surface area contributed by atoms with E-state index in [1.54, 1.807) is 0 Å². The second-order valence-electron chi connectivity index (χ2n) is 8.27. The first-order valence-electron chi connectivity index (χ1n) is 9.11. The summed E-state index contributed by atoms with van der Waals surface area (Å²) in [5.74, 6) is 4.76. The molecule has 0 amide bonds. The molecular weight excluding hydrogens is 304 g/mol. The Balaban J connectivity index is 1.31. The first-order valence-corrected chi connectivity index (χ1v) is 9.11. The van der Waals surface area contributed by atoms with Crippen LogP contribution in [0, 0.1) is 31.6 Å². The molecule has 4 saturated carbocycles. The average molecular weight is 328 g/mol. The third kappa shape index (κ3) is 2.31. The Labute approximate surface area is 141 Å². The van der Waals surface area contributed by atoms with E-state index in [0.717, 1.165) is 40.6 Å². The second kappa shape index (κ2) is 5.15. The van der Waals surface area contributed by atoms with Gasteiger partial charge in [-0.25, -0.2) is 0 Å². The molecule has 0 aliphatic heterocycles. The summed E-state index contributed by atoms with van der Waals surface area (Å²) in [5.41, 5.74) is 1.93. The number of nitrogens with zero attached hydrogens (tertiary/aromatic N) is 3. The van der Waals surface area contributed by atoms with E-state index in [-0.39, 0.29) is 0 Å². The van der Waals surface area contributed by atoms with Crippen molar-refractivity contribution in [2.24, 2.45) is 17.8 Å². The van der Waals surface area contributed by atoms with Crippen LogP contribution in [0.15, 0.2) is 9.05 Å². The number of hydrogen-bond acceptors (Lipinski definition) is 6. The molecule has 0 saturated heterocycles. The molecule has 4 fully saturated rings. The Morgan fingerprint density at radius 3 is 2.25 bits per heavy atom. The van der Waals surface area contributed by atoms with Gasteiger partial charge in [-0.3, -0.25) is 0 Å². The van der Waals surface area contributed by atoms with Crippen molar-refractivity contribution in [1.82, 2.24) is 20.6 Å². The lowest BCUT2D eigenvalue weighted by Gasteiger charge is -2.57. The fourth-order valence-corrected chi connectivity index (χ4v) is 5.81. The van der Waals surface area contributed by atoms with Gasteiger partial charge in [-0.2, -0.15) is 4.98 Å². The van der Waals surface area contributed by atoms with Crippen molar-refractivity contribution in [2.45, 2.75) is 64.5 Å². The molecule has 4 aliphatic rings. The predicted octanol–water partition coefficient (Wildman–Crippen LogP) is 3.40. The first-order chi connectivity index (χ1) is 11.6. The molecule has 128 valence electrons. The van der Waals surface area contributed by atoms with Crippen molar-refractivity contribution in [1.29, 1.82) is 0 Å². The van der Waals surface area contributed by atoms with E-state index in [2.05, 4.69) is 20.6 Å². The topological polar surface area (TPSA) is 77.0 Å². The van der Waals surface area contributed by atoms with E-state index in [9.17, 15) is 0 Å². The highest BCUT2D eigenvalue weighted by Gasteiger charge is 2.50. The maximum atomic E-state index is 5.44. The summed E-state index contributed by atoms with van der Waals surface area (Å²) < 4.78 is 10.6. The number of rotatable bonds is 4. The lowest BCUT2D eigenvalue weighted by Crippen LogP contribution is -2.58. The van der Waals surface area contributed by atoms with Gasteiger partial charge in [-0.05, 0) is 70.1 Å². The van der Waals surface area contributed by atoms with E-state index in [4.69, 9.17) is 9.05 Å². The van der Waals surface area contributed by atoms with Crippen LogP contribution in [0.5, 0.6) is 0 Å². The van der Waals surface area contributed by atoms with Gasteiger partial charge in [0.05, 0.1) is 12.2 Å². The highest BCUT2D eigenvalue weighted by Crippen LogP contribution is 2.55. The molecule has 24 heavy (non-hydrogen) atoms. The molecule has 2 heterocycles. The summed E-state index contributed by atoms with van der Waals surface area (Å²) in [6, 6.07) is 0. The van der Waals surface area contributed by atoms with Gasteiger partial charge in [0.2, 0.25) is 0 Å². The molecule has 6 heteroatoms. The predicted molar refractivity (Wildman–Crippen MR) is 87.0 cm³/mol. The Morgan fingerprint density at radius 2 is 1.67 bits per heavy atom. The zero-order valence-corrected chi connectivity index (χ0v) is 14.3. The van der Waals surface area contributed by atoms with Gasteiger partial charge in [0.1, 0.15) is 11.3 Å². The Hall–Kier alpha value is -1.69. The molecule has 4 bridgehead atoms. The van der Waals surface area contributed by atoms with E-state index in [0.29, 0.717) is 18.0 Å². The zero-order chi connectivity index (χ0) is 16.3. The molecule has 2 aromatic rings. The number of nitrogens with one attached hydrogen (secondary N) is 1. The van der Waals surface area contributed by atoms with Crippen molar-refractivity contribution in [2.75, 3.05) is 0 Å². The first kappa shape index (κ1) is 14.6. The normalized spacial score (nSPS) is 34.2. The van der Waals surface area contributed by atoms with Gasteiger partial charge in [0.15, 0.2) is 5.82 Å². The standard InChI is InChI=1S/C18H24N4O2/c1-10-16(11(2)23-21-10)17-20-15(22-24-17)9-19-18-6-12-3-13(7-18)5-14(4-12)8-18/h12-14,19H,3-9H2,1-2H3. The summed E-state index contributed by atoms with van der Waals surface area (Å²) in [6.07, 6.45) is 8.35. The van der Waals surface area contributed by atoms with E-state index >= 15 is 0 Å². The monoisotopic (exact) mass is 328 g/mol. The van der Waals surface area contributed by atoms with Crippen LogP contribution in [0.2, 0.25) is 0 Å². The van der Waals surface area contributed by atoms with Gasteiger partial charge in [-0.1, -0.05) is 10.3 Å². The zero-order valence-electron chi connectivity index (χ0n) is 14.3. The smallest absolute Gasteiger partial charge is 0.263 e. The van der Waals surface area contributed by atoms with Crippen molar-refractivity contribution < 1.29 is 9.05 Å². The second-order valence-corrected chi connectivity index (χ2v) is 8.27. The summed E-state index contributed by atoms with van der Waals surface area (Å²) in [5, 5.41) is 11.9. The quantitative estimate of drug-likeness (QED) is 0.927. The van der Waals surface area contributed by atoms with Gasteiger partial charge < -0.3 is 14.4 Å². The third-order valence-electron chi connectivity index (χ3n) is 6.38. The van der Waals surface area contributed by atoms with Crippen LogP contribution in [-0.2, 0) is 6.54 Å². The van der Waals surface area contributed by atoms with E-state index in [1.807, 2.05) is 13.8 Å². The lowest BCUT2D eigenvalue weighted by atomic mass is 9.53. The molecular formula is C18H24N4O2. The maximum absolute atomic E-state index is 5.44. The van der Waals surface area contributed by atoms with Crippen molar-refractivity contribution in [3.63, 3.8) is 0 Å². The summed E-state index contributed by atoms with van der Waals surface area (Å²) in [7, 11) is 0. The molecule has 0 unspecified atom stereocenters. The number of aryl methyl sites for hydroxylation is 2. The van der Waals surface area contributed by atoms with Crippen molar-refractivity contribution >= 4 is 0 Å². The fraction of sp³-hybridized carbons (Fsp3) is 0.722. The Kier molecular flexibility index (Phi) is 3.14. The molecule has 4 aliphatic carbocycles. The molecule has 0 spiro atoms. The fourth-order valence-electron chi connectivity index (χ4n) is 5.81.